The van der Waals surface area contributed by atoms with E-state index in [1.54, 1.807) is 6.20 Å². The highest BCUT2D eigenvalue weighted by Crippen LogP contribution is 2.37. The second kappa shape index (κ2) is 4.76. The van der Waals surface area contributed by atoms with Crippen LogP contribution in [0.25, 0.3) is 11.0 Å². The largest absolute Gasteiger partial charge is 0.368 e. The summed E-state index contributed by atoms with van der Waals surface area (Å²) in [6.45, 7) is 2.33. The molecule has 0 aliphatic heterocycles. The van der Waals surface area contributed by atoms with Crippen molar-refractivity contribution in [3.8, 4) is 0 Å². The molecule has 0 saturated heterocycles. The minimum Gasteiger partial charge on any atom is -0.368 e. The van der Waals surface area contributed by atoms with Crippen LogP contribution in [0.5, 0.6) is 0 Å². The predicted molar refractivity (Wildman–Crippen MR) is 73.4 cm³/mol. The lowest BCUT2D eigenvalue weighted by Crippen LogP contribution is -2.15. The summed E-state index contributed by atoms with van der Waals surface area (Å²) < 4.78 is 0. The van der Waals surface area contributed by atoms with Crippen molar-refractivity contribution in [1.29, 1.82) is 0 Å². The maximum Gasteiger partial charge on any atom is 0.223 e. The van der Waals surface area contributed by atoms with Gasteiger partial charge in [0.05, 0.1) is 11.6 Å². The number of fused-ring (bicyclic) bond motifs is 1. The monoisotopic (exact) mass is 263 g/mol. The lowest BCUT2D eigenvalue weighted by molar-refractivity contribution is 0.394. The number of anilines is 1. The number of aromatic nitrogens is 4. The minimum atomic E-state index is 0.318. The highest BCUT2D eigenvalue weighted by molar-refractivity contribution is 8.00. The molecule has 0 bridgehead atoms. The molecule has 2 aromatic heterocycles. The molecule has 1 fully saturated rings. The maximum atomic E-state index is 5.73. The number of hydrogen-bond donors (Lipinski definition) is 2. The van der Waals surface area contributed by atoms with Crippen LogP contribution in [0, 0.1) is 5.92 Å². The number of rotatable bonds is 2. The molecule has 1 saturated carbocycles. The van der Waals surface area contributed by atoms with Crippen molar-refractivity contribution < 1.29 is 0 Å². The summed E-state index contributed by atoms with van der Waals surface area (Å²) in [6.07, 6.45) is 6.97. The molecule has 3 rings (SSSR count). The minimum absolute atomic E-state index is 0.318. The highest BCUT2D eigenvalue weighted by atomic mass is 32.2. The van der Waals surface area contributed by atoms with Crippen LogP contribution in [0.4, 0.5) is 5.95 Å². The molecule has 96 valence electrons. The molecule has 5 nitrogen and oxygen atoms in total. The number of nitrogens with one attached hydrogen (secondary N) is 1. The molecule has 0 aromatic carbocycles. The number of H-pyrrole nitrogens is 1. The van der Waals surface area contributed by atoms with Gasteiger partial charge in [0.1, 0.15) is 5.03 Å². The van der Waals surface area contributed by atoms with E-state index < -0.39 is 0 Å². The Labute approximate surface area is 110 Å². The third-order valence-corrected chi connectivity index (χ3v) is 4.75. The summed E-state index contributed by atoms with van der Waals surface area (Å²) in [4.78, 5) is 8.50. The van der Waals surface area contributed by atoms with Gasteiger partial charge in [-0.2, -0.15) is 10.1 Å². The van der Waals surface area contributed by atoms with E-state index in [0.29, 0.717) is 11.2 Å². The quantitative estimate of drug-likeness (QED) is 0.814. The molecule has 0 amide bonds. The Kier molecular flexibility index (Phi) is 3.11. The van der Waals surface area contributed by atoms with E-state index in [0.717, 1.165) is 22.0 Å². The van der Waals surface area contributed by atoms with Crippen LogP contribution < -0.4 is 5.73 Å². The molecule has 2 aromatic rings. The summed E-state index contributed by atoms with van der Waals surface area (Å²) in [5, 5.41) is 9.45. The van der Waals surface area contributed by atoms with Gasteiger partial charge < -0.3 is 5.73 Å². The fourth-order valence-corrected chi connectivity index (χ4v) is 4.01. The fourth-order valence-electron chi connectivity index (χ4n) is 2.56. The van der Waals surface area contributed by atoms with Gasteiger partial charge in [0.15, 0.2) is 5.65 Å². The molecule has 6 heteroatoms. The average Bonchev–Trinajstić information content (AvgIpc) is 2.77. The molecule has 18 heavy (non-hydrogen) atoms. The Balaban J connectivity index is 1.87. The molecular weight excluding hydrogens is 246 g/mol. The van der Waals surface area contributed by atoms with E-state index in [-0.39, 0.29) is 0 Å². The van der Waals surface area contributed by atoms with E-state index in [4.69, 9.17) is 5.73 Å². The second-order valence-electron chi connectivity index (χ2n) is 5.03. The van der Waals surface area contributed by atoms with Gasteiger partial charge in [-0.05, 0) is 18.8 Å². The van der Waals surface area contributed by atoms with Crippen LogP contribution >= 0.6 is 11.8 Å². The average molecular weight is 263 g/mol. The summed E-state index contributed by atoms with van der Waals surface area (Å²) in [7, 11) is 0. The number of nitrogens with zero attached hydrogens (tertiary/aromatic N) is 3. The standard InChI is InChI=1S/C12H17N5S/c1-7-3-2-4-8(5-7)18-11-9-6-14-17-10(9)15-12(13)16-11/h6-8H,2-5H2,1H3,(H3,13,14,15,16,17). The van der Waals surface area contributed by atoms with Crippen LogP contribution in [0.2, 0.25) is 0 Å². The first-order valence-corrected chi connectivity index (χ1v) is 7.23. The Morgan fingerprint density at radius 3 is 3.11 bits per heavy atom. The molecule has 2 atom stereocenters. The summed E-state index contributed by atoms with van der Waals surface area (Å²) in [5.74, 6) is 1.13. The van der Waals surface area contributed by atoms with Crippen molar-refractivity contribution in [3.05, 3.63) is 6.20 Å². The van der Waals surface area contributed by atoms with Gasteiger partial charge in [-0.3, -0.25) is 5.10 Å². The van der Waals surface area contributed by atoms with Crippen LogP contribution in [-0.2, 0) is 0 Å². The number of nitrogens with two attached hydrogens (primary N) is 1. The maximum absolute atomic E-state index is 5.73. The Hall–Kier alpha value is -1.30. The summed E-state index contributed by atoms with van der Waals surface area (Å²) >= 11 is 1.83. The second-order valence-corrected chi connectivity index (χ2v) is 6.32. The molecular formula is C12H17N5S. The molecule has 2 heterocycles. The summed E-state index contributed by atoms with van der Waals surface area (Å²) in [6, 6.07) is 0. The zero-order valence-electron chi connectivity index (χ0n) is 10.4. The van der Waals surface area contributed by atoms with E-state index >= 15 is 0 Å². The molecule has 3 N–H and O–H groups in total. The van der Waals surface area contributed by atoms with E-state index in [1.165, 1.54) is 25.7 Å². The molecule has 2 unspecified atom stereocenters. The number of aromatic amines is 1. The zero-order chi connectivity index (χ0) is 12.5. The van der Waals surface area contributed by atoms with Crippen molar-refractivity contribution in [2.75, 3.05) is 5.73 Å². The molecule has 1 aliphatic rings. The van der Waals surface area contributed by atoms with Crippen LogP contribution in [0.15, 0.2) is 11.2 Å². The van der Waals surface area contributed by atoms with Gasteiger partial charge in [0, 0.05) is 5.25 Å². The molecule has 0 radical (unpaired) electrons. The number of hydrogen-bond acceptors (Lipinski definition) is 5. The van der Waals surface area contributed by atoms with Gasteiger partial charge >= 0.3 is 0 Å². The smallest absolute Gasteiger partial charge is 0.223 e. The lowest BCUT2D eigenvalue weighted by atomic mass is 9.91. The summed E-state index contributed by atoms with van der Waals surface area (Å²) in [5.41, 5.74) is 6.46. The van der Waals surface area contributed by atoms with Crippen molar-refractivity contribution >= 4 is 28.7 Å². The van der Waals surface area contributed by atoms with Gasteiger partial charge in [0.25, 0.3) is 0 Å². The third kappa shape index (κ3) is 2.29. The van der Waals surface area contributed by atoms with Crippen LogP contribution in [-0.4, -0.2) is 25.4 Å². The predicted octanol–water partition coefficient (Wildman–Crippen LogP) is 2.61. The molecule has 1 aliphatic carbocycles. The Morgan fingerprint density at radius 2 is 2.28 bits per heavy atom. The Bertz CT molecular complexity index is 552. The first-order valence-electron chi connectivity index (χ1n) is 6.35. The van der Waals surface area contributed by atoms with Crippen LogP contribution in [0.3, 0.4) is 0 Å². The van der Waals surface area contributed by atoms with Gasteiger partial charge in [-0.1, -0.05) is 19.8 Å². The lowest BCUT2D eigenvalue weighted by Gasteiger charge is -2.25. The fraction of sp³-hybridized carbons (Fsp3) is 0.583. The van der Waals surface area contributed by atoms with Crippen LogP contribution in [0.1, 0.15) is 32.6 Å². The van der Waals surface area contributed by atoms with Gasteiger partial charge in [0.2, 0.25) is 5.95 Å². The Morgan fingerprint density at radius 1 is 1.39 bits per heavy atom. The van der Waals surface area contributed by atoms with Crippen molar-refractivity contribution in [2.45, 2.75) is 42.9 Å². The van der Waals surface area contributed by atoms with Gasteiger partial charge in [-0.15, -0.1) is 11.8 Å². The normalized spacial score (nSPS) is 24.5. The van der Waals surface area contributed by atoms with E-state index in [2.05, 4.69) is 27.1 Å². The number of nitrogen functional groups attached to an aromatic ring is 1. The SMILES string of the molecule is CC1CCCC(Sc2nc(N)nc3[nH]ncc23)C1. The van der Waals surface area contributed by atoms with Crippen molar-refractivity contribution in [2.24, 2.45) is 5.92 Å². The topological polar surface area (TPSA) is 80.5 Å². The highest BCUT2D eigenvalue weighted by Gasteiger charge is 2.21. The first kappa shape index (κ1) is 11.8. The van der Waals surface area contributed by atoms with Crippen molar-refractivity contribution in [3.63, 3.8) is 0 Å². The van der Waals surface area contributed by atoms with E-state index in [9.17, 15) is 0 Å². The zero-order valence-corrected chi connectivity index (χ0v) is 11.2. The number of thioether (sulfide) groups is 1. The van der Waals surface area contributed by atoms with Crippen molar-refractivity contribution in [1.82, 2.24) is 20.2 Å². The first-order chi connectivity index (χ1) is 8.72. The third-order valence-electron chi connectivity index (χ3n) is 3.46. The van der Waals surface area contributed by atoms with Gasteiger partial charge in [-0.25, -0.2) is 4.98 Å². The molecule has 0 spiro atoms. The van der Waals surface area contributed by atoms with E-state index in [1.807, 2.05) is 11.8 Å².